The van der Waals surface area contributed by atoms with E-state index in [0.29, 0.717) is 13.0 Å². The largest absolute Gasteiger partial charge is 0.369 e. The second-order valence-electron chi connectivity index (χ2n) is 3.71. The molecule has 1 fully saturated rings. The quantitative estimate of drug-likeness (QED) is 0.727. The van der Waals surface area contributed by atoms with Gasteiger partial charge in [0.25, 0.3) is 0 Å². The molecule has 1 heterocycles. The monoisotopic (exact) mass is 235 g/mol. The molecule has 0 bridgehead atoms. The van der Waals surface area contributed by atoms with Crippen LogP contribution in [0.5, 0.6) is 0 Å². The van der Waals surface area contributed by atoms with Crippen molar-refractivity contribution in [3.63, 3.8) is 0 Å². The van der Waals surface area contributed by atoms with E-state index >= 15 is 0 Å². The van der Waals surface area contributed by atoms with Gasteiger partial charge in [0.1, 0.15) is 6.10 Å². The molecule has 88 valence electrons. The summed E-state index contributed by atoms with van der Waals surface area (Å²) in [5, 5.41) is 2.68. The summed E-state index contributed by atoms with van der Waals surface area (Å²) in [6, 6.07) is -0.245. The Morgan fingerprint density at radius 3 is 2.73 bits per heavy atom. The van der Waals surface area contributed by atoms with Gasteiger partial charge in [-0.05, 0) is 20.3 Å². The van der Waals surface area contributed by atoms with Crippen LogP contribution in [-0.2, 0) is 19.4 Å². The van der Waals surface area contributed by atoms with Crippen LogP contribution in [0.2, 0.25) is 0 Å². The van der Waals surface area contributed by atoms with Crippen molar-refractivity contribution in [1.29, 1.82) is 0 Å². The first kappa shape index (κ1) is 12.4. The Bertz CT molecular complexity index is 325. The molecule has 0 aromatic heterocycles. The number of hydrogen-bond donors (Lipinski definition) is 1. The molecule has 15 heavy (non-hydrogen) atoms. The van der Waals surface area contributed by atoms with E-state index in [2.05, 4.69) is 5.32 Å². The second kappa shape index (κ2) is 4.94. The summed E-state index contributed by atoms with van der Waals surface area (Å²) in [6.45, 7) is 3.93. The van der Waals surface area contributed by atoms with E-state index in [4.69, 9.17) is 4.74 Å². The topological polar surface area (TPSA) is 72.5 Å². The second-order valence-corrected chi connectivity index (χ2v) is 5.93. The maximum atomic E-state index is 11.5. The Morgan fingerprint density at radius 2 is 2.27 bits per heavy atom. The number of ether oxygens (including phenoxy) is 1. The van der Waals surface area contributed by atoms with Crippen LogP contribution in [0.1, 0.15) is 20.3 Å². The molecule has 2 atom stereocenters. The molecule has 6 heteroatoms. The minimum absolute atomic E-state index is 0.0532. The zero-order chi connectivity index (χ0) is 11.5. The summed E-state index contributed by atoms with van der Waals surface area (Å²) < 4.78 is 27.4. The lowest BCUT2D eigenvalue weighted by Crippen LogP contribution is -2.41. The first-order valence-corrected chi connectivity index (χ1v) is 6.89. The first-order valence-electron chi connectivity index (χ1n) is 5.07. The van der Waals surface area contributed by atoms with Crippen LogP contribution in [0.3, 0.4) is 0 Å². The maximum Gasteiger partial charge on any atom is 0.249 e. The third-order valence-corrected chi connectivity index (χ3v) is 4.13. The van der Waals surface area contributed by atoms with Crippen molar-refractivity contribution in [3.05, 3.63) is 0 Å². The van der Waals surface area contributed by atoms with Crippen molar-refractivity contribution < 1.29 is 17.9 Å². The molecule has 0 radical (unpaired) electrons. The van der Waals surface area contributed by atoms with E-state index in [1.807, 2.05) is 6.92 Å². The van der Waals surface area contributed by atoms with Crippen LogP contribution in [-0.4, -0.2) is 44.6 Å². The number of carbonyl (C=O) groups excluding carboxylic acids is 1. The Morgan fingerprint density at radius 1 is 1.60 bits per heavy atom. The molecule has 1 aliphatic heterocycles. The molecule has 0 aromatic rings. The lowest BCUT2D eigenvalue weighted by molar-refractivity contribution is -0.132. The van der Waals surface area contributed by atoms with Crippen molar-refractivity contribution in [1.82, 2.24) is 5.32 Å². The normalized spacial score (nSPS) is 26.1. The van der Waals surface area contributed by atoms with Crippen LogP contribution < -0.4 is 5.32 Å². The molecule has 1 N–H and O–H groups in total. The zero-order valence-corrected chi connectivity index (χ0v) is 9.84. The standard InChI is InChI=1S/C9H17NO4S/c1-3-14-7(2)9(11)10-8-4-5-15(12,13)6-8/h7-8H,3-6H2,1-2H3,(H,10,11)/t7-,8-/m1/s1. The smallest absolute Gasteiger partial charge is 0.249 e. The fraction of sp³-hybridized carbons (Fsp3) is 0.889. The predicted molar refractivity (Wildman–Crippen MR) is 56.3 cm³/mol. The molecule has 1 aliphatic rings. The molecular formula is C9H17NO4S. The van der Waals surface area contributed by atoms with Crippen LogP contribution in [0.15, 0.2) is 0 Å². The number of carbonyl (C=O) groups is 1. The molecule has 1 amide bonds. The number of sulfone groups is 1. The van der Waals surface area contributed by atoms with E-state index in [1.54, 1.807) is 6.92 Å². The van der Waals surface area contributed by atoms with Gasteiger partial charge in [0.2, 0.25) is 5.91 Å². The van der Waals surface area contributed by atoms with Crippen molar-refractivity contribution in [2.45, 2.75) is 32.4 Å². The number of amides is 1. The van der Waals surface area contributed by atoms with E-state index in [9.17, 15) is 13.2 Å². The third kappa shape index (κ3) is 3.79. The highest BCUT2D eigenvalue weighted by molar-refractivity contribution is 7.91. The van der Waals surface area contributed by atoms with Gasteiger partial charge in [-0.3, -0.25) is 4.79 Å². The number of rotatable bonds is 4. The molecule has 1 rings (SSSR count). The molecule has 0 aliphatic carbocycles. The summed E-state index contributed by atoms with van der Waals surface area (Å²) in [5.74, 6) is -0.0163. The lowest BCUT2D eigenvalue weighted by Gasteiger charge is -2.15. The van der Waals surface area contributed by atoms with Crippen molar-refractivity contribution in [3.8, 4) is 0 Å². The fourth-order valence-corrected chi connectivity index (χ4v) is 3.23. The Kier molecular flexibility index (Phi) is 4.10. The minimum Gasteiger partial charge on any atom is -0.369 e. The van der Waals surface area contributed by atoms with E-state index in [0.717, 1.165) is 0 Å². The molecular weight excluding hydrogens is 218 g/mol. The van der Waals surface area contributed by atoms with E-state index < -0.39 is 15.9 Å². The summed E-state index contributed by atoms with van der Waals surface area (Å²) >= 11 is 0. The van der Waals surface area contributed by atoms with Crippen LogP contribution in [0.4, 0.5) is 0 Å². The SMILES string of the molecule is CCO[C@H](C)C(=O)N[C@@H]1CCS(=O)(=O)C1. The van der Waals surface area contributed by atoms with Crippen molar-refractivity contribution >= 4 is 15.7 Å². The third-order valence-electron chi connectivity index (χ3n) is 2.36. The number of nitrogens with one attached hydrogen (secondary N) is 1. The predicted octanol–water partition coefficient (Wildman–Crippen LogP) is -0.285. The molecule has 0 unspecified atom stereocenters. The average Bonchev–Trinajstić information content (AvgIpc) is 2.46. The summed E-state index contributed by atoms with van der Waals surface area (Å²) in [7, 11) is -2.93. The molecule has 0 spiro atoms. The van der Waals surface area contributed by atoms with Crippen molar-refractivity contribution in [2.24, 2.45) is 0 Å². The van der Waals surface area contributed by atoms with Gasteiger partial charge >= 0.3 is 0 Å². The Labute approximate surface area is 90.1 Å². The molecule has 0 saturated carbocycles. The fourth-order valence-electron chi connectivity index (χ4n) is 1.55. The van der Waals surface area contributed by atoms with Gasteiger partial charge in [-0.15, -0.1) is 0 Å². The van der Waals surface area contributed by atoms with E-state index in [-0.39, 0.29) is 23.5 Å². The van der Waals surface area contributed by atoms with Crippen LogP contribution in [0, 0.1) is 0 Å². The van der Waals surface area contributed by atoms with Crippen LogP contribution >= 0.6 is 0 Å². The summed E-state index contributed by atoms with van der Waals surface area (Å²) in [5.41, 5.74) is 0. The number of hydrogen-bond acceptors (Lipinski definition) is 4. The first-order chi connectivity index (χ1) is 6.94. The van der Waals surface area contributed by atoms with Gasteiger partial charge in [-0.1, -0.05) is 0 Å². The van der Waals surface area contributed by atoms with Crippen molar-refractivity contribution in [2.75, 3.05) is 18.1 Å². The van der Waals surface area contributed by atoms with E-state index in [1.165, 1.54) is 0 Å². The maximum absolute atomic E-state index is 11.5. The van der Waals surface area contributed by atoms with Gasteiger partial charge in [0.15, 0.2) is 9.84 Å². The van der Waals surface area contributed by atoms with Gasteiger partial charge in [0, 0.05) is 12.6 Å². The highest BCUT2D eigenvalue weighted by atomic mass is 32.2. The highest BCUT2D eigenvalue weighted by Crippen LogP contribution is 2.11. The Hall–Kier alpha value is -0.620. The zero-order valence-electron chi connectivity index (χ0n) is 9.02. The van der Waals surface area contributed by atoms with Gasteiger partial charge in [0.05, 0.1) is 11.5 Å². The minimum atomic E-state index is -2.93. The summed E-state index contributed by atoms with van der Waals surface area (Å²) in [4.78, 5) is 11.5. The van der Waals surface area contributed by atoms with Crippen LogP contribution in [0.25, 0.3) is 0 Å². The highest BCUT2D eigenvalue weighted by Gasteiger charge is 2.29. The molecule has 5 nitrogen and oxygen atoms in total. The lowest BCUT2D eigenvalue weighted by atomic mass is 10.2. The van der Waals surface area contributed by atoms with Gasteiger partial charge in [-0.25, -0.2) is 8.42 Å². The average molecular weight is 235 g/mol. The van der Waals surface area contributed by atoms with Gasteiger partial charge < -0.3 is 10.1 Å². The molecule has 1 saturated heterocycles. The van der Waals surface area contributed by atoms with Gasteiger partial charge in [-0.2, -0.15) is 0 Å². The Balaban J connectivity index is 2.40. The summed E-state index contributed by atoms with van der Waals surface area (Å²) in [6.07, 6.45) is -0.00860. The molecule has 0 aromatic carbocycles.